The number of fused-ring (bicyclic) bond motifs is 1. The van der Waals surface area contributed by atoms with Crippen LogP contribution < -0.4 is 11.1 Å². The largest absolute Gasteiger partial charge is 0.381 e. The molecule has 1 amide bonds. The molecule has 1 aromatic carbocycles. The highest BCUT2D eigenvalue weighted by atomic mass is 32.2. The van der Waals surface area contributed by atoms with E-state index in [1.807, 2.05) is 6.92 Å². The van der Waals surface area contributed by atoms with Crippen molar-refractivity contribution in [3.05, 3.63) is 41.9 Å². The molecular weight excluding hydrogens is 440 g/mol. The van der Waals surface area contributed by atoms with E-state index in [0.29, 0.717) is 23.4 Å². The fourth-order valence-corrected chi connectivity index (χ4v) is 4.37. The molecule has 0 aliphatic carbocycles. The number of aryl methyl sites for hydroxylation is 1. The van der Waals surface area contributed by atoms with Crippen LogP contribution in [0.25, 0.3) is 16.9 Å². The van der Waals surface area contributed by atoms with Gasteiger partial charge in [0, 0.05) is 24.6 Å². The van der Waals surface area contributed by atoms with Crippen LogP contribution in [0.1, 0.15) is 42.7 Å². The number of nitrogen functional groups attached to an aromatic ring is 1. The number of benzene rings is 1. The first-order valence-electron chi connectivity index (χ1n) is 11.1. The van der Waals surface area contributed by atoms with Crippen molar-refractivity contribution in [2.45, 2.75) is 38.5 Å². The summed E-state index contributed by atoms with van der Waals surface area (Å²) < 4.78 is 25.8. The Kier molecular flexibility index (Phi) is 7.70. The van der Waals surface area contributed by atoms with Crippen LogP contribution in [0.3, 0.4) is 0 Å². The van der Waals surface area contributed by atoms with Crippen LogP contribution >= 0.6 is 0 Å². The monoisotopic (exact) mass is 472 g/mol. The topological polar surface area (TPSA) is 123 Å². The molecular formula is C23H32N6O3S. The number of nitrogens with one attached hydrogen (secondary N) is 1. The number of nitrogens with two attached hydrogens (primary N) is 1. The second-order valence-corrected chi connectivity index (χ2v) is 10.1. The number of imidazole rings is 1. The summed E-state index contributed by atoms with van der Waals surface area (Å²) in [6.07, 6.45) is 6.23. The highest BCUT2D eigenvalue weighted by molar-refractivity contribution is 7.90. The Hall–Kier alpha value is -2.98. The minimum atomic E-state index is -3.37. The highest BCUT2D eigenvalue weighted by Crippen LogP contribution is 2.28. The molecule has 0 atom stereocenters. The van der Waals surface area contributed by atoms with Crippen molar-refractivity contribution < 1.29 is 13.2 Å². The molecule has 0 saturated heterocycles. The van der Waals surface area contributed by atoms with Gasteiger partial charge in [0.2, 0.25) is 0 Å². The molecule has 0 unspecified atom stereocenters. The van der Waals surface area contributed by atoms with Gasteiger partial charge in [0.1, 0.15) is 5.69 Å². The molecule has 3 aromatic rings. The molecule has 0 spiro atoms. The van der Waals surface area contributed by atoms with Gasteiger partial charge in [0.25, 0.3) is 5.91 Å². The van der Waals surface area contributed by atoms with E-state index in [4.69, 9.17) is 5.73 Å². The van der Waals surface area contributed by atoms with E-state index in [0.717, 1.165) is 38.0 Å². The summed E-state index contributed by atoms with van der Waals surface area (Å²) in [6, 6.07) is 4.94. The first kappa shape index (κ1) is 24.7. The first-order valence-corrected chi connectivity index (χ1v) is 13.0. The van der Waals surface area contributed by atoms with E-state index < -0.39 is 9.84 Å². The fourth-order valence-electron chi connectivity index (χ4n) is 3.72. The molecule has 0 aliphatic rings. The molecule has 178 valence electrons. The number of carbonyl (C=O) groups excluding carboxylic acids is 1. The SMILES string of the molecule is CCN(CC)CCCCNC(=O)c1cn2c(-c3cc(S(C)(=O)=O)ccc3C)cnc2c(N)n1. The van der Waals surface area contributed by atoms with Crippen LogP contribution in [0.2, 0.25) is 0 Å². The lowest BCUT2D eigenvalue weighted by Crippen LogP contribution is -2.28. The summed E-state index contributed by atoms with van der Waals surface area (Å²) in [4.78, 5) is 23.8. The number of sulfone groups is 1. The lowest BCUT2D eigenvalue weighted by atomic mass is 10.1. The Balaban J connectivity index is 1.83. The van der Waals surface area contributed by atoms with Crippen molar-refractivity contribution >= 4 is 27.2 Å². The molecule has 0 aliphatic heterocycles. The minimum Gasteiger partial charge on any atom is -0.381 e. The number of unbranched alkanes of at least 4 members (excludes halogenated alkanes) is 1. The van der Waals surface area contributed by atoms with Crippen molar-refractivity contribution in [2.24, 2.45) is 0 Å². The van der Waals surface area contributed by atoms with Gasteiger partial charge >= 0.3 is 0 Å². The summed E-state index contributed by atoms with van der Waals surface area (Å²) in [5.74, 6) is -0.181. The number of amides is 1. The summed E-state index contributed by atoms with van der Waals surface area (Å²) in [6.45, 7) is 9.76. The normalized spacial score (nSPS) is 11.9. The van der Waals surface area contributed by atoms with E-state index >= 15 is 0 Å². The quantitative estimate of drug-likeness (QED) is 0.435. The molecule has 0 radical (unpaired) electrons. The molecule has 9 nitrogen and oxygen atoms in total. The maximum Gasteiger partial charge on any atom is 0.271 e. The van der Waals surface area contributed by atoms with Gasteiger partial charge in [0.15, 0.2) is 21.3 Å². The van der Waals surface area contributed by atoms with Gasteiger partial charge in [-0.2, -0.15) is 0 Å². The van der Waals surface area contributed by atoms with Crippen LogP contribution in [0, 0.1) is 6.92 Å². The lowest BCUT2D eigenvalue weighted by molar-refractivity contribution is 0.0947. The fraction of sp³-hybridized carbons (Fsp3) is 0.435. The molecule has 2 heterocycles. The van der Waals surface area contributed by atoms with E-state index in [-0.39, 0.29) is 22.3 Å². The molecule has 10 heteroatoms. The summed E-state index contributed by atoms with van der Waals surface area (Å²) in [5.41, 5.74) is 8.88. The zero-order valence-electron chi connectivity index (χ0n) is 19.6. The summed E-state index contributed by atoms with van der Waals surface area (Å²) in [5, 5.41) is 2.90. The van der Waals surface area contributed by atoms with E-state index in [1.165, 1.54) is 6.26 Å². The van der Waals surface area contributed by atoms with Gasteiger partial charge in [0.05, 0.1) is 16.8 Å². The third-order valence-corrected chi connectivity index (χ3v) is 6.86. The maximum atomic E-state index is 12.7. The zero-order valence-corrected chi connectivity index (χ0v) is 20.4. The van der Waals surface area contributed by atoms with Gasteiger partial charge in [-0.25, -0.2) is 18.4 Å². The number of aromatic nitrogens is 3. The molecule has 3 N–H and O–H groups in total. The van der Waals surface area contributed by atoms with Gasteiger partial charge < -0.3 is 16.0 Å². The van der Waals surface area contributed by atoms with E-state index in [9.17, 15) is 13.2 Å². The van der Waals surface area contributed by atoms with Gasteiger partial charge in [-0.3, -0.25) is 9.20 Å². The number of nitrogens with zero attached hydrogens (tertiary/aromatic N) is 4. The van der Waals surface area contributed by atoms with Crippen LogP contribution in [-0.2, 0) is 9.84 Å². The second-order valence-electron chi connectivity index (χ2n) is 8.09. The first-order chi connectivity index (χ1) is 15.7. The standard InChI is InChI=1S/C23H32N6O3S/c1-5-28(6-2)12-8-7-11-25-23(30)19-15-29-20(14-26-22(29)21(24)27-19)18-13-17(33(4,31)32)10-9-16(18)3/h9-10,13-15H,5-8,11-12H2,1-4H3,(H2,24,27)(H,25,30). The van der Waals surface area contributed by atoms with Crippen molar-refractivity contribution in [2.75, 3.05) is 38.2 Å². The smallest absolute Gasteiger partial charge is 0.271 e. The molecule has 0 saturated carbocycles. The Morgan fingerprint density at radius 3 is 2.61 bits per heavy atom. The van der Waals surface area contributed by atoms with Crippen molar-refractivity contribution in [1.82, 2.24) is 24.6 Å². The van der Waals surface area contributed by atoms with Gasteiger partial charge in [-0.05, 0) is 57.1 Å². The number of rotatable bonds is 10. The number of carbonyl (C=O) groups is 1. The predicted molar refractivity (Wildman–Crippen MR) is 130 cm³/mol. The molecule has 0 fully saturated rings. The Morgan fingerprint density at radius 2 is 1.94 bits per heavy atom. The molecule has 2 aromatic heterocycles. The Labute approximate surface area is 194 Å². The highest BCUT2D eigenvalue weighted by Gasteiger charge is 2.17. The van der Waals surface area contributed by atoms with Crippen LogP contribution in [-0.4, -0.2) is 66.0 Å². The molecule has 33 heavy (non-hydrogen) atoms. The predicted octanol–water partition coefficient (Wildman–Crippen LogP) is 2.54. The van der Waals surface area contributed by atoms with Crippen molar-refractivity contribution in [1.29, 1.82) is 0 Å². The zero-order chi connectivity index (χ0) is 24.2. The number of hydrogen-bond donors (Lipinski definition) is 2. The summed E-state index contributed by atoms with van der Waals surface area (Å²) in [7, 11) is -3.37. The third kappa shape index (κ3) is 5.69. The summed E-state index contributed by atoms with van der Waals surface area (Å²) >= 11 is 0. The van der Waals surface area contributed by atoms with Crippen LogP contribution in [0.4, 0.5) is 5.82 Å². The number of anilines is 1. The number of hydrogen-bond acceptors (Lipinski definition) is 7. The van der Waals surface area contributed by atoms with Crippen LogP contribution in [0.5, 0.6) is 0 Å². The van der Waals surface area contributed by atoms with Crippen LogP contribution in [0.15, 0.2) is 35.5 Å². The Morgan fingerprint density at radius 1 is 1.21 bits per heavy atom. The van der Waals surface area contributed by atoms with Crippen molar-refractivity contribution in [3.8, 4) is 11.3 Å². The maximum absolute atomic E-state index is 12.7. The average molecular weight is 473 g/mol. The second kappa shape index (κ2) is 10.3. The molecule has 3 rings (SSSR count). The van der Waals surface area contributed by atoms with Crippen molar-refractivity contribution in [3.63, 3.8) is 0 Å². The average Bonchev–Trinajstić information content (AvgIpc) is 3.20. The van der Waals surface area contributed by atoms with E-state index in [1.54, 1.807) is 35.0 Å². The van der Waals surface area contributed by atoms with Gasteiger partial charge in [-0.1, -0.05) is 19.9 Å². The molecule has 0 bridgehead atoms. The minimum absolute atomic E-state index is 0.132. The van der Waals surface area contributed by atoms with E-state index in [2.05, 4.69) is 34.0 Å². The van der Waals surface area contributed by atoms with Gasteiger partial charge in [-0.15, -0.1) is 0 Å². The lowest BCUT2D eigenvalue weighted by Gasteiger charge is -2.17. The Bertz CT molecular complexity index is 1250. The third-order valence-electron chi connectivity index (χ3n) is 5.75.